The Morgan fingerprint density at radius 1 is 1.12 bits per heavy atom. The molecule has 1 saturated heterocycles. The quantitative estimate of drug-likeness (QED) is 0.520. The lowest BCUT2D eigenvalue weighted by Crippen LogP contribution is -2.49. The first-order valence-electron chi connectivity index (χ1n) is 10.2. The third-order valence-electron chi connectivity index (χ3n) is 5.59. The van der Waals surface area contributed by atoms with E-state index in [2.05, 4.69) is 4.90 Å². The highest BCUT2D eigenvalue weighted by Crippen LogP contribution is 2.35. The van der Waals surface area contributed by atoms with E-state index >= 15 is 0 Å². The number of halogens is 1. The number of aryl methyl sites for hydroxylation is 1. The molecule has 2 heterocycles. The monoisotopic (exact) mass is 493 g/mol. The highest BCUT2D eigenvalue weighted by Gasteiger charge is 2.25. The van der Waals surface area contributed by atoms with Gasteiger partial charge in [-0.1, -0.05) is 29.0 Å². The van der Waals surface area contributed by atoms with Gasteiger partial charge in [0.1, 0.15) is 5.75 Å². The predicted molar refractivity (Wildman–Crippen MR) is 128 cm³/mol. The number of fused-ring (bicyclic) bond motifs is 1. The van der Waals surface area contributed by atoms with Crippen LogP contribution in [0.4, 0.5) is 5.13 Å². The number of ether oxygens (including phenoxy) is 1. The molecule has 0 unspecified atom stereocenters. The van der Waals surface area contributed by atoms with Gasteiger partial charge in [0.25, 0.3) is 0 Å². The molecule has 1 aliphatic heterocycles. The van der Waals surface area contributed by atoms with Crippen LogP contribution in [0.25, 0.3) is 10.2 Å². The van der Waals surface area contributed by atoms with Gasteiger partial charge in [0, 0.05) is 32.6 Å². The largest absolute Gasteiger partial charge is 0.497 e. The molecular formula is C22H24ClN3O4S2. The Morgan fingerprint density at radius 2 is 1.81 bits per heavy atom. The first kappa shape index (κ1) is 22.8. The molecule has 1 amide bonds. The highest BCUT2D eigenvalue weighted by atomic mass is 35.5. The number of rotatable bonds is 6. The molecule has 0 radical (unpaired) electrons. The van der Waals surface area contributed by atoms with Crippen molar-refractivity contribution in [3.8, 4) is 5.75 Å². The lowest BCUT2D eigenvalue weighted by molar-refractivity contribution is -0.131. The number of carbonyl (C=O) groups excluding carboxylic acids is 1. The van der Waals surface area contributed by atoms with E-state index in [1.807, 2.05) is 19.1 Å². The predicted octanol–water partition coefficient (Wildman–Crippen LogP) is 3.78. The molecule has 0 N–H and O–H groups in total. The molecule has 1 aliphatic rings. The molecule has 32 heavy (non-hydrogen) atoms. The Bertz CT molecular complexity index is 1200. The molecule has 170 valence electrons. The molecule has 0 aliphatic carbocycles. The molecule has 1 aromatic heterocycles. The summed E-state index contributed by atoms with van der Waals surface area (Å²) in [5.41, 5.74) is 2.00. The van der Waals surface area contributed by atoms with Crippen LogP contribution in [0.15, 0.2) is 41.3 Å². The molecule has 0 atom stereocenters. The van der Waals surface area contributed by atoms with Crippen LogP contribution in [-0.2, 0) is 14.6 Å². The van der Waals surface area contributed by atoms with E-state index in [1.165, 1.54) is 19.2 Å². The van der Waals surface area contributed by atoms with Gasteiger partial charge in [0.15, 0.2) is 15.0 Å². The molecule has 2 aromatic carbocycles. The topological polar surface area (TPSA) is 79.8 Å². The Labute approximate surface area is 196 Å². The maximum absolute atomic E-state index is 12.6. The van der Waals surface area contributed by atoms with Gasteiger partial charge in [-0.2, -0.15) is 0 Å². The second kappa shape index (κ2) is 9.25. The minimum Gasteiger partial charge on any atom is -0.497 e. The van der Waals surface area contributed by atoms with Crippen LogP contribution in [0.2, 0.25) is 5.02 Å². The summed E-state index contributed by atoms with van der Waals surface area (Å²) in [5, 5.41) is 1.59. The van der Waals surface area contributed by atoms with Crippen molar-refractivity contribution in [2.45, 2.75) is 18.2 Å². The van der Waals surface area contributed by atoms with E-state index in [0.717, 1.165) is 20.9 Å². The van der Waals surface area contributed by atoms with E-state index in [4.69, 9.17) is 21.3 Å². The Morgan fingerprint density at radius 3 is 2.44 bits per heavy atom. The minimum absolute atomic E-state index is 0.0374. The summed E-state index contributed by atoms with van der Waals surface area (Å²) in [4.78, 5) is 21.5. The number of amides is 1. The summed E-state index contributed by atoms with van der Waals surface area (Å²) < 4.78 is 31.2. The van der Waals surface area contributed by atoms with Crippen molar-refractivity contribution in [1.82, 2.24) is 9.88 Å². The second-order valence-corrected chi connectivity index (χ2v) is 11.1. The summed E-state index contributed by atoms with van der Waals surface area (Å²) in [6, 6.07) is 10.1. The van der Waals surface area contributed by atoms with Crippen LogP contribution in [-0.4, -0.2) is 63.3 Å². The van der Waals surface area contributed by atoms with E-state index in [1.54, 1.807) is 28.4 Å². The summed E-state index contributed by atoms with van der Waals surface area (Å²) in [5.74, 6) is 0.224. The maximum Gasteiger partial charge on any atom is 0.223 e. The van der Waals surface area contributed by atoms with Gasteiger partial charge in [-0.3, -0.25) is 4.79 Å². The number of thiazole rings is 1. The highest BCUT2D eigenvalue weighted by molar-refractivity contribution is 7.91. The van der Waals surface area contributed by atoms with Crippen molar-refractivity contribution in [3.63, 3.8) is 0 Å². The third kappa shape index (κ3) is 4.69. The Hall–Kier alpha value is -2.36. The number of carbonyl (C=O) groups is 1. The van der Waals surface area contributed by atoms with Crippen LogP contribution in [0.3, 0.4) is 0 Å². The first-order chi connectivity index (χ1) is 15.3. The number of benzene rings is 2. The van der Waals surface area contributed by atoms with E-state index in [9.17, 15) is 13.2 Å². The lowest BCUT2D eigenvalue weighted by Gasteiger charge is -2.34. The van der Waals surface area contributed by atoms with Crippen LogP contribution in [0.1, 0.15) is 12.0 Å². The molecule has 0 bridgehead atoms. The van der Waals surface area contributed by atoms with Crippen LogP contribution in [0.5, 0.6) is 5.75 Å². The van der Waals surface area contributed by atoms with E-state index < -0.39 is 9.84 Å². The normalized spacial score (nSPS) is 14.7. The van der Waals surface area contributed by atoms with Crippen molar-refractivity contribution in [2.75, 3.05) is 43.9 Å². The fourth-order valence-electron chi connectivity index (χ4n) is 3.65. The van der Waals surface area contributed by atoms with Gasteiger partial charge in [-0.05, 0) is 42.8 Å². The van der Waals surface area contributed by atoms with Crippen molar-refractivity contribution in [2.24, 2.45) is 0 Å². The first-order valence-corrected chi connectivity index (χ1v) is 13.1. The molecule has 3 aromatic rings. The second-order valence-electron chi connectivity index (χ2n) is 7.65. The minimum atomic E-state index is -3.53. The van der Waals surface area contributed by atoms with Crippen molar-refractivity contribution in [1.29, 1.82) is 0 Å². The van der Waals surface area contributed by atoms with Crippen LogP contribution in [0, 0.1) is 6.92 Å². The molecule has 1 fully saturated rings. The van der Waals surface area contributed by atoms with Crippen molar-refractivity contribution >= 4 is 54.0 Å². The number of piperazine rings is 1. The molecular weight excluding hydrogens is 470 g/mol. The summed E-state index contributed by atoms with van der Waals surface area (Å²) in [6.07, 6.45) is -0.0374. The molecule has 0 spiro atoms. The zero-order valence-corrected chi connectivity index (χ0v) is 20.3. The smallest absolute Gasteiger partial charge is 0.223 e. The molecule has 0 saturated carbocycles. The van der Waals surface area contributed by atoms with Crippen molar-refractivity contribution in [3.05, 3.63) is 47.0 Å². The van der Waals surface area contributed by atoms with Crippen molar-refractivity contribution < 1.29 is 17.9 Å². The third-order valence-corrected chi connectivity index (χ3v) is 8.90. The SMILES string of the molecule is COc1ccc(S(=O)(=O)CCC(=O)N2CCN(c3nc4c(C)ccc(Cl)c4s3)CC2)cc1. The molecule has 10 heteroatoms. The number of hydrogen-bond donors (Lipinski definition) is 0. The van der Waals surface area contributed by atoms with Gasteiger partial charge in [-0.25, -0.2) is 13.4 Å². The fourth-order valence-corrected chi connectivity index (χ4v) is 6.25. The lowest BCUT2D eigenvalue weighted by atomic mass is 10.2. The number of aromatic nitrogens is 1. The summed E-state index contributed by atoms with van der Waals surface area (Å²) >= 11 is 7.88. The number of sulfone groups is 1. The zero-order chi connectivity index (χ0) is 22.9. The van der Waals surface area contributed by atoms with Gasteiger partial charge in [-0.15, -0.1) is 0 Å². The number of anilines is 1. The number of methoxy groups -OCH3 is 1. The fraction of sp³-hybridized carbons (Fsp3) is 0.364. The average molecular weight is 494 g/mol. The van der Waals surface area contributed by atoms with Gasteiger partial charge < -0.3 is 14.5 Å². The van der Waals surface area contributed by atoms with Gasteiger partial charge in [0.2, 0.25) is 5.91 Å². The molecule has 7 nitrogen and oxygen atoms in total. The van der Waals surface area contributed by atoms with Gasteiger partial charge >= 0.3 is 0 Å². The Balaban J connectivity index is 1.34. The Kier molecular flexibility index (Phi) is 6.60. The average Bonchev–Trinajstić information content (AvgIpc) is 3.27. The summed E-state index contributed by atoms with van der Waals surface area (Å²) in [6.45, 7) is 4.37. The van der Waals surface area contributed by atoms with Crippen LogP contribution >= 0.6 is 22.9 Å². The standard InChI is InChI=1S/C22H24ClN3O4S2/c1-15-3-8-18(23)21-20(15)24-22(31-21)26-12-10-25(11-13-26)19(27)9-14-32(28,29)17-6-4-16(30-2)5-7-17/h3-8H,9-14H2,1-2H3. The van der Waals surface area contributed by atoms with Crippen LogP contribution < -0.4 is 9.64 Å². The zero-order valence-electron chi connectivity index (χ0n) is 17.9. The number of hydrogen-bond acceptors (Lipinski definition) is 7. The summed E-state index contributed by atoms with van der Waals surface area (Å²) in [7, 11) is -2.01. The number of nitrogens with zero attached hydrogens (tertiary/aromatic N) is 3. The van der Waals surface area contributed by atoms with E-state index in [0.29, 0.717) is 37.0 Å². The maximum atomic E-state index is 12.6. The molecule has 4 rings (SSSR count). The van der Waals surface area contributed by atoms with Gasteiger partial charge in [0.05, 0.1) is 33.0 Å². The van der Waals surface area contributed by atoms with E-state index in [-0.39, 0.29) is 23.0 Å².